The Kier molecular flexibility index (Phi) is 20.5. The van der Waals surface area contributed by atoms with E-state index in [1.165, 1.54) is 0 Å². The molecule has 1 saturated carbocycles. The molecule has 16 nitrogen and oxygen atoms in total. The van der Waals surface area contributed by atoms with Gasteiger partial charge in [0.15, 0.2) is 0 Å². The maximum Gasteiger partial charge on any atom is 0.330 e. The normalized spacial score (nSPS) is 14.4. The summed E-state index contributed by atoms with van der Waals surface area (Å²) in [5, 5.41) is 0. The minimum Gasteiger partial charge on any atom is -0.465 e. The minimum absolute atomic E-state index is 0.0896. The molecule has 0 atom stereocenters. The molecular formula is C42H48O16. The third kappa shape index (κ3) is 18.5. The highest BCUT2D eigenvalue weighted by Gasteiger charge is 2.32. The van der Waals surface area contributed by atoms with Gasteiger partial charge in [-0.1, -0.05) is 37.4 Å². The first-order valence-corrected chi connectivity index (χ1v) is 18.8. The zero-order chi connectivity index (χ0) is 42.1. The summed E-state index contributed by atoms with van der Waals surface area (Å²) in [4.78, 5) is 94.9. The monoisotopic (exact) mass is 808 g/mol. The van der Waals surface area contributed by atoms with Gasteiger partial charge in [-0.05, 0) is 61.1 Å². The van der Waals surface area contributed by atoms with E-state index in [1.807, 2.05) is 0 Å². The van der Waals surface area contributed by atoms with Crippen LogP contribution in [0.3, 0.4) is 0 Å². The van der Waals surface area contributed by atoms with E-state index in [9.17, 15) is 38.4 Å². The maximum absolute atomic E-state index is 12.9. The fraction of sp³-hybridized carbons (Fsp3) is 0.429. The van der Waals surface area contributed by atoms with E-state index in [2.05, 4.69) is 22.6 Å². The summed E-state index contributed by atoms with van der Waals surface area (Å²) in [7, 11) is 0. The molecule has 2 aromatic rings. The zero-order valence-corrected chi connectivity index (χ0v) is 32.2. The van der Waals surface area contributed by atoms with Crippen molar-refractivity contribution in [1.29, 1.82) is 0 Å². The third-order valence-electron chi connectivity index (χ3n) is 8.57. The fourth-order valence-electron chi connectivity index (χ4n) is 5.39. The molecule has 0 aliphatic heterocycles. The van der Waals surface area contributed by atoms with E-state index in [0.29, 0.717) is 50.0 Å². The Morgan fingerprint density at radius 2 is 0.741 bits per heavy atom. The summed E-state index contributed by atoms with van der Waals surface area (Å²) < 4.78 is 40.6. The van der Waals surface area contributed by atoms with Crippen molar-refractivity contribution < 1.29 is 76.3 Å². The molecule has 1 aliphatic carbocycles. The number of ether oxygens (including phenoxy) is 8. The van der Waals surface area contributed by atoms with Crippen molar-refractivity contribution in [3.63, 3.8) is 0 Å². The molecule has 58 heavy (non-hydrogen) atoms. The largest absolute Gasteiger partial charge is 0.465 e. The molecule has 2 aromatic carbocycles. The molecular weight excluding hydrogens is 760 g/mol. The molecule has 0 spiro atoms. The Bertz CT molecular complexity index is 1590. The van der Waals surface area contributed by atoms with E-state index < -0.39 is 35.8 Å². The molecule has 1 fully saturated rings. The lowest BCUT2D eigenvalue weighted by Gasteiger charge is -2.25. The summed E-state index contributed by atoms with van der Waals surface area (Å²) in [6.07, 6.45) is 4.02. The van der Waals surface area contributed by atoms with Crippen LogP contribution in [0.15, 0.2) is 73.8 Å². The average Bonchev–Trinajstić information content (AvgIpc) is 3.23. The highest BCUT2D eigenvalue weighted by Crippen LogP contribution is 2.31. The third-order valence-corrected chi connectivity index (χ3v) is 8.57. The summed E-state index contributed by atoms with van der Waals surface area (Å²) in [6, 6.07) is 13.6. The van der Waals surface area contributed by atoms with Crippen LogP contribution >= 0.6 is 0 Å². The van der Waals surface area contributed by atoms with Crippen LogP contribution < -0.4 is 9.47 Å². The van der Waals surface area contributed by atoms with Crippen LogP contribution in [0.1, 0.15) is 62.5 Å². The number of hydrogen-bond donors (Lipinski definition) is 0. The lowest BCUT2D eigenvalue weighted by molar-refractivity contribution is -0.152. The van der Waals surface area contributed by atoms with Gasteiger partial charge in [0.2, 0.25) is 0 Å². The van der Waals surface area contributed by atoms with Crippen molar-refractivity contribution in [2.45, 2.75) is 64.2 Å². The van der Waals surface area contributed by atoms with Gasteiger partial charge in [0.1, 0.15) is 37.9 Å². The Morgan fingerprint density at radius 3 is 1.05 bits per heavy atom. The van der Waals surface area contributed by atoms with Crippen LogP contribution in [0.2, 0.25) is 0 Å². The molecule has 312 valence electrons. The number of carbonyl (C=O) groups excluding carboxylic acids is 8. The Labute approximate surface area is 335 Å². The van der Waals surface area contributed by atoms with Gasteiger partial charge >= 0.3 is 47.8 Å². The molecule has 0 amide bonds. The smallest absolute Gasteiger partial charge is 0.330 e. The first-order chi connectivity index (χ1) is 27.9. The van der Waals surface area contributed by atoms with Crippen molar-refractivity contribution in [3.05, 3.63) is 85.0 Å². The van der Waals surface area contributed by atoms with Crippen LogP contribution in [-0.4, -0.2) is 87.4 Å². The number of esters is 8. The number of rotatable bonds is 24. The van der Waals surface area contributed by atoms with Crippen LogP contribution in [0, 0.1) is 11.8 Å². The molecule has 0 unspecified atom stereocenters. The maximum atomic E-state index is 12.9. The van der Waals surface area contributed by atoms with Crippen molar-refractivity contribution >= 4 is 47.8 Å². The Balaban J connectivity index is 1.25. The van der Waals surface area contributed by atoms with E-state index in [-0.39, 0.29) is 89.1 Å². The second kappa shape index (κ2) is 25.8. The van der Waals surface area contributed by atoms with E-state index in [4.69, 9.17) is 28.4 Å². The second-order valence-electron chi connectivity index (χ2n) is 12.8. The van der Waals surface area contributed by atoms with Crippen LogP contribution in [0.4, 0.5) is 0 Å². The summed E-state index contributed by atoms with van der Waals surface area (Å²) in [5.41, 5.74) is 1.68. The average molecular weight is 809 g/mol. The summed E-state index contributed by atoms with van der Waals surface area (Å²) in [5.74, 6) is -4.37. The molecule has 0 heterocycles. The highest BCUT2D eigenvalue weighted by atomic mass is 16.6. The second-order valence-corrected chi connectivity index (χ2v) is 12.8. The van der Waals surface area contributed by atoms with Crippen LogP contribution in [0.5, 0.6) is 11.5 Å². The quantitative estimate of drug-likeness (QED) is 0.0476. The first-order valence-electron chi connectivity index (χ1n) is 18.8. The SMILES string of the molecule is C=CC(=O)OCCOC(=O)CCC(=O)OCCc1ccc(OC(=O)C2CCC(C(=O)Oc3ccc(CCOC(=O)CCC(=O)OCCOC(=O)C=C)cc3)CC2)cc1. The van der Waals surface area contributed by atoms with Gasteiger partial charge in [0.05, 0.1) is 50.7 Å². The molecule has 0 saturated heterocycles. The van der Waals surface area contributed by atoms with Crippen molar-refractivity contribution in [1.82, 2.24) is 0 Å². The Hall–Kier alpha value is -6.32. The topological polar surface area (TPSA) is 210 Å². The van der Waals surface area contributed by atoms with Crippen LogP contribution in [0.25, 0.3) is 0 Å². The lowest BCUT2D eigenvalue weighted by atomic mass is 9.82. The predicted octanol–water partition coefficient (Wildman–Crippen LogP) is 4.28. The van der Waals surface area contributed by atoms with Gasteiger partial charge in [-0.2, -0.15) is 0 Å². The zero-order valence-electron chi connectivity index (χ0n) is 32.2. The molecule has 0 radical (unpaired) electrons. The summed E-state index contributed by atoms with van der Waals surface area (Å²) in [6.45, 7) is 6.20. The Morgan fingerprint density at radius 1 is 0.448 bits per heavy atom. The number of carbonyl (C=O) groups is 8. The summed E-state index contributed by atoms with van der Waals surface area (Å²) >= 11 is 0. The van der Waals surface area contributed by atoms with Gasteiger partial charge in [0.25, 0.3) is 0 Å². The highest BCUT2D eigenvalue weighted by molar-refractivity contribution is 5.82. The standard InChI is InChI=1S/C42H48O16/c1-3-35(43)53-25-27-55-39(47)19-17-37(45)51-23-21-29-5-13-33(14-6-29)57-41(49)31-9-11-32(12-10-31)42(50)58-34-15-7-30(8-16-34)22-24-52-38(46)18-20-40(48)56-28-26-54-36(44)4-2/h3-8,13-16,31-32H,1-2,9-12,17-28H2. The predicted molar refractivity (Wildman–Crippen MR) is 202 cm³/mol. The van der Waals surface area contributed by atoms with Gasteiger partial charge in [-0.15, -0.1) is 0 Å². The van der Waals surface area contributed by atoms with Gasteiger partial charge in [0, 0.05) is 25.0 Å². The molecule has 0 N–H and O–H groups in total. The molecule has 3 rings (SSSR count). The molecule has 0 aromatic heterocycles. The van der Waals surface area contributed by atoms with Crippen molar-refractivity contribution in [3.8, 4) is 11.5 Å². The lowest BCUT2D eigenvalue weighted by Crippen LogP contribution is -2.30. The molecule has 0 bridgehead atoms. The number of benzene rings is 2. The van der Waals surface area contributed by atoms with Gasteiger partial charge in [-0.3, -0.25) is 28.8 Å². The van der Waals surface area contributed by atoms with Crippen molar-refractivity contribution in [2.75, 3.05) is 39.6 Å². The first kappa shape index (κ1) is 46.1. The van der Waals surface area contributed by atoms with E-state index >= 15 is 0 Å². The van der Waals surface area contributed by atoms with Gasteiger partial charge in [-0.25, -0.2) is 9.59 Å². The van der Waals surface area contributed by atoms with Gasteiger partial charge < -0.3 is 37.9 Å². The van der Waals surface area contributed by atoms with Crippen molar-refractivity contribution in [2.24, 2.45) is 11.8 Å². The minimum atomic E-state index is -0.628. The fourth-order valence-corrected chi connectivity index (χ4v) is 5.39. The number of hydrogen-bond acceptors (Lipinski definition) is 16. The van der Waals surface area contributed by atoms with Crippen LogP contribution in [-0.2, 0) is 79.6 Å². The molecule has 1 aliphatic rings. The molecule has 16 heteroatoms. The van der Waals surface area contributed by atoms with E-state index in [0.717, 1.165) is 23.3 Å². The van der Waals surface area contributed by atoms with E-state index in [1.54, 1.807) is 48.5 Å².